The second-order valence-corrected chi connectivity index (χ2v) is 6.23. The molecule has 7 nitrogen and oxygen atoms in total. The van der Waals surface area contributed by atoms with Crippen molar-refractivity contribution < 1.29 is 14.8 Å². The van der Waals surface area contributed by atoms with Crippen molar-refractivity contribution in [3.63, 3.8) is 0 Å². The quantitative estimate of drug-likeness (QED) is 0.426. The van der Waals surface area contributed by atoms with Gasteiger partial charge in [-0.25, -0.2) is 15.3 Å². The van der Waals surface area contributed by atoms with Crippen LogP contribution in [0.15, 0.2) is 53.5 Å². The van der Waals surface area contributed by atoms with E-state index in [4.69, 9.17) is 10.5 Å². The summed E-state index contributed by atoms with van der Waals surface area (Å²) in [7, 11) is 0. The van der Waals surface area contributed by atoms with E-state index in [0.29, 0.717) is 16.8 Å². The number of nitrogens with one attached hydrogen (secondary N) is 2. The van der Waals surface area contributed by atoms with Gasteiger partial charge in [-0.1, -0.05) is 26.0 Å². The summed E-state index contributed by atoms with van der Waals surface area (Å²) in [5.74, 6) is -0.532. The van der Waals surface area contributed by atoms with Crippen molar-refractivity contribution in [1.29, 1.82) is 5.26 Å². The maximum atomic E-state index is 12.1. The van der Waals surface area contributed by atoms with Crippen LogP contribution in [0.5, 0.6) is 0 Å². The zero-order valence-electron chi connectivity index (χ0n) is 15.0. The van der Waals surface area contributed by atoms with Crippen LogP contribution in [0, 0.1) is 17.2 Å². The molecule has 27 heavy (non-hydrogen) atoms. The second kappa shape index (κ2) is 9.27. The number of urea groups is 1. The van der Waals surface area contributed by atoms with Crippen molar-refractivity contribution in [1.82, 2.24) is 5.48 Å². The van der Waals surface area contributed by atoms with E-state index >= 15 is 0 Å². The normalized spacial score (nSPS) is 11.8. The topological polar surface area (TPSA) is 115 Å². The molecular weight excluding hydrogens is 344 g/mol. The number of hydroxylamine groups is 1. The molecule has 0 saturated carbocycles. The molecule has 0 fully saturated rings. The summed E-state index contributed by atoms with van der Waals surface area (Å²) in [6.45, 7) is 4.01. The lowest BCUT2D eigenvalue weighted by molar-refractivity contribution is 0.0706. The Bertz CT molecular complexity index is 866. The third kappa shape index (κ3) is 5.49. The van der Waals surface area contributed by atoms with Crippen LogP contribution in [0.25, 0.3) is 0 Å². The molecule has 0 bridgehead atoms. The van der Waals surface area contributed by atoms with E-state index < -0.39 is 11.9 Å². The number of rotatable bonds is 5. The van der Waals surface area contributed by atoms with E-state index in [1.54, 1.807) is 60.2 Å². The molecule has 1 atom stereocenters. The zero-order chi connectivity index (χ0) is 19.8. The number of hydrogen-bond donors (Lipinski definition) is 3. The molecule has 2 aromatic carbocycles. The zero-order valence-corrected chi connectivity index (χ0v) is 15.0. The lowest BCUT2D eigenvalue weighted by Crippen LogP contribution is -2.18. The summed E-state index contributed by atoms with van der Waals surface area (Å²) in [6, 6.07) is 14.7. The lowest BCUT2D eigenvalue weighted by atomic mass is 9.89. The van der Waals surface area contributed by atoms with Gasteiger partial charge in [-0.15, -0.1) is 0 Å². The summed E-state index contributed by atoms with van der Waals surface area (Å²) in [6.07, 6.45) is 1.57. The summed E-state index contributed by atoms with van der Waals surface area (Å²) in [4.78, 5) is 27.4. The Kier molecular flexibility index (Phi) is 6.80. The van der Waals surface area contributed by atoms with Crippen molar-refractivity contribution in [3.8, 4) is 6.07 Å². The molecule has 0 heterocycles. The van der Waals surface area contributed by atoms with Crippen LogP contribution in [0.4, 0.5) is 10.5 Å². The Morgan fingerprint density at radius 1 is 1.11 bits per heavy atom. The van der Waals surface area contributed by atoms with E-state index in [1.807, 2.05) is 19.9 Å². The molecule has 0 saturated heterocycles. The summed E-state index contributed by atoms with van der Waals surface area (Å²) >= 11 is 0. The molecule has 3 N–H and O–H groups in total. The molecule has 0 aliphatic rings. The minimum Gasteiger partial charge on any atom is -0.306 e. The molecule has 3 amide bonds. The maximum Gasteiger partial charge on any atom is 0.345 e. The number of amides is 3. The van der Waals surface area contributed by atoms with Gasteiger partial charge >= 0.3 is 6.03 Å². The monoisotopic (exact) mass is 364 g/mol. The fourth-order valence-electron chi connectivity index (χ4n) is 2.50. The Hall–Kier alpha value is -3.50. The van der Waals surface area contributed by atoms with E-state index in [1.165, 1.54) is 0 Å². The average molecular weight is 364 g/mol. The van der Waals surface area contributed by atoms with Crippen LogP contribution in [-0.2, 0) is 0 Å². The summed E-state index contributed by atoms with van der Waals surface area (Å²) in [5, 5.41) is 20.1. The molecule has 2 rings (SSSR count). The predicted octanol–water partition coefficient (Wildman–Crippen LogP) is 3.72. The first kappa shape index (κ1) is 19.8. The number of carbonyl (C=O) groups excluding carboxylic acids is 2. The molecular formula is C20H20N4O3. The Balaban J connectivity index is 2.09. The van der Waals surface area contributed by atoms with Gasteiger partial charge < -0.3 is 5.32 Å². The molecule has 0 aliphatic carbocycles. The first-order chi connectivity index (χ1) is 12.9. The number of carbonyl (C=O) groups is 2. The van der Waals surface area contributed by atoms with Gasteiger partial charge in [-0.3, -0.25) is 10.0 Å². The number of hydrogen-bond acceptors (Lipinski definition) is 4. The predicted molar refractivity (Wildman–Crippen MR) is 102 cm³/mol. The van der Waals surface area contributed by atoms with Gasteiger partial charge in [0.2, 0.25) is 0 Å². The van der Waals surface area contributed by atoms with Gasteiger partial charge in [0.1, 0.15) is 0 Å². The highest BCUT2D eigenvalue weighted by molar-refractivity contribution is 5.96. The Morgan fingerprint density at radius 2 is 1.74 bits per heavy atom. The van der Waals surface area contributed by atoms with Gasteiger partial charge in [0.05, 0.1) is 11.6 Å². The average Bonchev–Trinajstić information content (AvgIpc) is 2.68. The van der Waals surface area contributed by atoms with Crippen molar-refractivity contribution in [2.75, 3.05) is 5.32 Å². The molecule has 0 aromatic heterocycles. The second-order valence-electron chi connectivity index (χ2n) is 6.23. The smallest absolute Gasteiger partial charge is 0.306 e. The van der Waals surface area contributed by atoms with Crippen LogP contribution in [0.2, 0.25) is 0 Å². The molecule has 138 valence electrons. The highest BCUT2D eigenvalue weighted by Crippen LogP contribution is 2.23. The molecule has 2 aromatic rings. The third-order valence-corrected chi connectivity index (χ3v) is 4.00. The molecule has 1 unspecified atom stereocenters. The molecule has 0 aliphatic heterocycles. The van der Waals surface area contributed by atoms with Crippen LogP contribution >= 0.6 is 0 Å². The van der Waals surface area contributed by atoms with Gasteiger partial charge in [0, 0.05) is 23.4 Å². The summed E-state index contributed by atoms with van der Waals surface area (Å²) < 4.78 is 0. The minimum absolute atomic E-state index is 0.122. The highest BCUT2D eigenvalue weighted by atomic mass is 16.5. The molecule has 0 spiro atoms. The fraction of sp³-hybridized carbons (Fsp3) is 0.200. The number of anilines is 1. The van der Waals surface area contributed by atoms with Crippen LogP contribution in [0.1, 0.15) is 41.3 Å². The van der Waals surface area contributed by atoms with Crippen LogP contribution in [-0.4, -0.2) is 23.4 Å². The molecule has 0 radical (unpaired) electrons. The number of nitriles is 1. The van der Waals surface area contributed by atoms with Crippen LogP contribution in [0.3, 0.4) is 0 Å². The van der Waals surface area contributed by atoms with E-state index in [9.17, 15) is 9.59 Å². The standard InChI is InChI=1S/C20H20N4O3/c1-13(2)18(15-5-7-16(8-6-15)19(25)24-27)12-22-20(26)23-17-9-3-14(11-21)4-10-17/h3-10,12-13,18,27H,1-2H3,(H,23,26)(H,24,25)/b22-12+. The van der Waals surface area contributed by atoms with Crippen molar-refractivity contribution in [3.05, 3.63) is 65.2 Å². The first-order valence-electron chi connectivity index (χ1n) is 8.34. The number of benzene rings is 2. The number of nitrogens with zero attached hydrogens (tertiary/aromatic N) is 2. The largest absolute Gasteiger partial charge is 0.345 e. The van der Waals surface area contributed by atoms with Crippen LogP contribution < -0.4 is 10.8 Å². The van der Waals surface area contributed by atoms with E-state index in [0.717, 1.165) is 5.56 Å². The van der Waals surface area contributed by atoms with Gasteiger partial charge in [0.25, 0.3) is 5.91 Å². The SMILES string of the molecule is CC(C)C(/C=N/C(=O)Nc1ccc(C#N)cc1)c1ccc(C(=O)NO)cc1. The maximum absolute atomic E-state index is 12.1. The van der Waals surface area contributed by atoms with Crippen molar-refractivity contribution >= 4 is 23.8 Å². The van der Waals surface area contributed by atoms with E-state index in [-0.39, 0.29) is 11.8 Å². The van der Waals surface area contributed by atoms with Gasteiger partial charge in [0.15, 0.2) is 0 Å². The third-order valence-electron chi connectivity index (χ3n) is 4.00. The van der Waals surface area contributed by atoms with Gasteiger partial charge in [-0.05, 0) is 47.9 Å². The number of aliphatic imine (C=N–C) groups is 1. The summed E-state index contributed by atoms with van der Waals surface area (Å²) in [5.41, 5.74) is 3.88. The van der Waals surface area contributed by atoms with Crippen molar-refractivity contribution in [2.24, 2.45) is 10.9 Å². The Morgan fingerprint density at radius 3 is 2.26 bits per heavy atom. The van der Waals surface area contributed by atoms with E-state index in [2.05, 4.69) is 10.3 Å². The lowest BCUT2D eigenvalue weighted by Gasteiger charge is -2.17. The Labute approximate surface area is 157 Å². The first-order valence-corrected chi connectivity index (χ1v) is 8.34. The minimum atomic E-state index is -0.585. The van der Waals surface area contributed by atoms with Crippen molar-refractivity contribution in [2.45, 2.75) is 19.8 Å². The fourth-order valence-corrected chi connectivity index (χ4v) is 2.50. The molecule has 7 heteroatoms. The highest BCUT2D eigenvalue weighted by Gasteiger charge is 2.15. The van der Waals surface area contributed by atoms with Gasteiger partial charge in [-0.2, -0.15) is 5.26 Å².